The van der Waals surface area contributed by atoms with E-state index < -0.39 is 5.97 Å². The molecule has 1 rings (SSSR count). The van der Waals surface area contributed by atoms with Crippen LogP contribution in [0.15, 0.2) is 0 Å². The minimum atomic E-state index is -0.764. The van der Waals surface area contributed by atoms with Gasteiger partial charge in [0.05, 0.1) is 11.8 Å². The fourth-order valence-corrected chi connectivity index (χ4v) is 4.93. The van der Waals surface area contributed by atoms with Crippen molar-refractivity contribution in [3.63, 3.8) is 0 Å². The van der Waals surface area contributed by atoms with E-state index >= 15 is 0 Å². The number of carboxylic acid groups (broad SMARTS) is 1. The number of aliphatic carboxylic acids is 1. The largest absolute Gasteiger partial charge is 0.481 e. The van der Waals surface area contributed by atoms with Gasteiger partial charge in [-0.2, -0.15) is 0 Å². The maximum absolute atomic E-state index is 12.8. The second kappa shape index (κ2) is 18.4. The second-order valence-corrected chi connectivity index (χ2v) is 10.6. The van der Waals surface area contributed by atoms with Gasteiger partial charge < -0.3 is 9.84 Å². The molecule has 1 N–H and O–H groups in total. The standard InChI is InChI=1S/C28H52O4/c1-4-5-6-7-11-14-20-26(21-15-12-9-8-10-13-17-23(2)3)32-28(31)25-19-16-18-24(22-25)27(29)30/h23-26H,4-22H2,1-3H3,(H,29,30). The van der Waals surface area contributed by atoms with E-state index in [-0.39, 0.29) is 23.9 Å². The molecular formula is C28H52O4. The highest BCUT2D eigenvalue weighted by Crippen LogP contribution is 2.31. The maximum atomic E-state index is 12.8. The van der Waals surface area contributed by atoms with Crippen molar-refractivity contribution < 1.29 is 19.4 Å². The number of carboxylic acids is 1. The average Bonchev–Trinajstić information content (AvgIpc) is 2.77. The molecular weight excluding hydrogens is 400 g/mol. The molecule has 0 radical (unpaired) electrons. The van der Waals surface area contributed by atoms with Crippen LogP contribution in [0.1, 0.15) is 143 Å². The molecule has 0 aromatic rings. The van der Waals surface area contributed by atoms with Crippen molar-refractivity contribution in [3.8, 4) is 0 Å². The van der Waals surface area contributed by atoms with Crippen LogP contribution < -0.4 is 0 Å². The van der Waals surface area contributed by atoms with Gasteiger partial charge in [-0.1, -0.05) is 97.8 Å². The van der Waals surface area contributed by atoms with E-state index in [2.05, 4.69) is 20.8 Å². The number of carbonyl (C=O) groups excluding carboxylic acids is 1. The zero-order chi connectivity index (χ0) is 23.6. The summed E-state index contributed by atoms with van der Waals surface area (Å²) in [6.07, 6.45) is 21.1. The Hall–Kier alpha value is -1.06. The maximum Gasteiger partial charge on any atom is 0.309 e. The molecule has 0 heterocycles. The van der Waals surface area contributed by atoms with Gasteiger partial charge in [0.15, 0.2) is 0 Å². The Kier molecular flexibility index (Phi) is 16.6. The van der Waals surface area contributed by atoms with Gasteiger partial charge in [-0.05, 0) is 50.9 Å². The Bertz CT molecular complexity index is 488. The van der Waals surface area contributed by atoms with E-state index in [0.717, 1.165) is 44.4 Å². The van der Waals surface area contributed by atoms with Crippen molar-refractivity contribution in [2.45, 2.75) is 149 Å². The van der Waals surface area contributed by atoms with Crippen molar-refractivity contribution in [2.75, 3.05) is 0 Å². The van der Waals surface area contributed by atoms with Crippen LogP contribution in [0.5, 0.6) is 0 Å². The summed E-state index contributed by atoms with van der Waals surface area (Å²) in [5, 5.41) is 9.32. The first-order valence-corrected chi connectivity index (χ1v) is 13.9. The average molecular weight is 453 g/mol. The predicted octanol–water partition coefficient (Wildman–Crippen LogP) is 8.32. The highest BCUT2D eigenvalue weighted by molar-refractivity contribution is 5.75. The van der Waals surface area contributed by atoms with Gasteiger partial charge in [-0.15, -0.1) is 0 Å². The van der Waals surface area contributed by atoms with Crippen LogP contribution in [0.4, 0.5) is 0 Å². The molecule has 0 aliphatic heterocycles. The van der Waals surface area contributed by atoms with E-state index in [4.69, 9.17) is 4.74 Å². The van der Waals surface area contributed by atoms with Crippen molar-refractivity contribution in [3.05, 3.63) is 0 Å². The van der Waals surface area contributed by atoms with Crippen LogP contribution in [0.3, 0.4) is 0 Å². The lowest BCUT2D eigenvalue weighted by Crippen LogP contribution is -2.31. The molecule has 3 unspecified atom stereocenters. The van der Waals surface area contributed by atoms with Gasteiger partial charge in [0.1, 0.15) is 6.10 Å². The lowest BCUT2D eigenvalue weighted by atomic mass is 9.81. The third kappa shape index (κ3) is 14.2. The molecule has 0 aromatic heterocycles. The third-order valence-corrected chi connectivity index (χ3v) is 7.08. The van der Waals surface area contributed by atoms with Crippen LogP contribution >= 0.6 is 0 Å². The molecule has 188 valence electrons. The second-order valence-electron chi connectivity index (χ2n) is 10.6. The summed E-state index contributed by atoms with van der Waals surface area (Å²) in [4.78, 5) is 24.1. The van der Waals surface area contributed by atoms with Crippen molar-refractivity contribution in [1.82, 2.24) is 0 Å². The summed E-state index contributed by atoms with van der Waals surface area (Å²) in [7, 11) is 0. The molecule has 32 heavy (non-hydrogen) atoms. The van der Waals surface area contributed by atoms with Crippen LogP contribution in [-0.4, -0.2) is 23.1 Å². The monoisotopic (exact) mass is 452 g/mol. The van der Waals surface area contributed by atoms with Crippen LogP contribution in [0.2, 0.25) is 0 Å². The molecule has 1 saturated carbocycles. The molecule has 0 aromatic carbocycles. The number of hydrogen-bond donors (Lipinski definition) is 1. The van der Waals surface area contributed by atoms with E-state index in [1.54, 1.807) is 0 Å². The van der Waals surface area contributed by atoms with Gasteiger partial charge >= 0.3 is 11.9 Å². The zero-order valence-electron chi connectivity index (χ0n) is 21.4. The minimum absolute atomic E-state index is 0.0137. The van der Waals surface area contributed by atoms with Gasteiger partial charge in [0.25, 0.3) is 0 Å². The van der Waals surface area contributed by atoms with E-state index in [1.807, 2.05) is 0 Å². The number of unbranched alkanes of at least 4 members (excludes halogenated alkanes) is 10. The first kappa shape index (κ1) is 29.0. The lowest BCUT2D eigenvalue weighted by molar-refractivity contribution is -0.158. The molecule has 1 aliphatic rings. The van der Waals surface area contributed by atoms with Gasteiger partial charge in [-0.3, -0.25) is 9.59 Å². The topological polar surface area (TPSA) is 63.6 Å². The van der Waals surface area contributed by atoms with Gasteiger partial charge in [0.2, 0.25) is 0 Å². The fraction of sp³-hybridized carbons (Fsp3) is 0.929. The first-order valence-electron chi connectivity index (χ1n) is 13.9. The lowest BCUT2D eigenvalue weighted by Gasteiger charge is -2.27. The number of ether oxygens (including phenoxy) is 1. The molecule has 3 atom stereocenters. The summed E-state index contributed by atoms with van der Waals surface area (Å²) >= 11 is 0. The summed E-state index contributed by atoms with van der Waals surface area (Å²) in [6.45, 7) is 6.82. The predicted molar refractivity (Wildman–Crippen MR) is 133 cm³/mol. The van der Waals surface area contributed by atoms with E-state index in [1.165, 1.54) is 70.6 Å². The third-order valence-electron chi connectivity index (χ3n) is 7.08. The first-order chi connectivity index (χ1) is 15.4. The molecule has 0 saturated heterocycles. The smallest absolute Gasteiger partial charge is 0.309 e. The zero-order valence-corrected chi connectivity index (χ0v) is 21.4. The van der Waals surface area contributed by atoms with Gasteiger partial charge in [0, 0.05) is 0 Å². The highest BCUT2D eigenvalue weighted by Gasteiger charge is 2.32. The van der Waals surface area contributed by atoms with Crippen molar-refractivity contribution in [2.24, 2.45) is 17.8 Å². The molecule has 1 fully saturated rings. The molecule has 4 nitrogen and oxygen atoms in total. The van der Waals surface area contributed by atoms with Crippen LogP contribution in [0, 0.1) is 17.8 Å². The Balaban J connectivity index is 2.37. The number of hydrogen-bond acceptors (Lipinski definition) is 3. The molecule has 0 bridgehead atoms. The Morgan fingerprint density at radius 3 is 1.81 bits per heavy atom. The van der Waals surface area contributed by atoms with Crippen molar-refractivity contribution >= 4 is 11.9 Å². The summed E-state index contributed by atoms with van der Waals surface area (Å²) in [5.41, 5.74) is 0. The molecule has 0 amide bonds. The van der Waals surface area contributed by atoms with Crippen LogP contribution in [0.25, 0.3) is 0 Å². The minimum Gasteiger partial charge on any atom is -0.481 e. The van der Waals surface area contributed by atoms with Gasteiger partial charge in [-0.25, -0.2) is 0 Å². The quantitative estimate of drug-likeness (QED) is 0.158. The van der Waals surface area contributed by atoms with Crippen molar-refractivity contribution in [1.29, 1.82) is 0 Å². The summed E-state index contributed by atoms with van der Waals surface area (Å²) in [5.74, 6) is -0.700. The Morgan fingerprint density at radius 2 is 1.28 bits per heavy atom. The summed E-state index contributed by atoms with van der Waals surface area (Å²) in [6, 6.07) is 0. The fourth-order valence-electron chi connectivity index (χ4n) is 4.93. The van der Waals surface area contributed by atoms with E-state index in [9.17, 15) is 14.7 Å². The molecule has 0 spiro atoms. The molecule has 1 aliphatic carbocycles. The Labute approximate surface area is 198 Å². The number of esters is 1. The van der Waals surface area contributed by atoms with E-state index in [0.29, 0.717) is 12.8 Å². The molecule has 4 heteroatoms. The van der Waals surface area contributed by atoms with Crippen LogP contribution in [-0.2, 0) is 14.3 Å². The number of rotatable bonds is 19. The Morgan fingerprint density at radius 1 is 0.781 bits per heavy atom. The summed E-state index contributed by atoms with van der Waals surface area (Å²) < 4.78 is 5.99. The normalized spacial score (nSPS) is 19.8. The number of carbonyl (C=O) groups is 2. The highest BCUT2D eigenvalue weighted by atomic mass is 16.5. The SMILES string of the molecule is CCCCCCCCC(CCCCCCCCC(C)C)OC(=O)C1CCCC(C(=O)O)C1.